The first-order chi connectivity index (χ1) is 7.66. The lowest BCUT2D eigenvalue weighted by atomic mass is 10.1. The smallest absolute Gasteiger partial charge is 0.391 e. The topological polar surface area (TPSA) is 58.9 Å². The second-order valence-corrected chi connectivity index (χ2v) is 3.49. The third-order valence-corrected chi connectivity index (χ3v) is 2.31. The number of aliphatic carboxylic acids is 1. The molecule has 0 amide bonds. The summed E-state index contributed by atoms with van der Waals surface area (Å²) in [5.41, 5.74) is 0.509. The molecule has 0 aliphatic carbocycles. The summed E-state index contributed by atoms with van der Waals surface area (Å²) in [6, 6.07) is 6.35. The van der Waals surface area contributed by atoms with Crippen LogP contribution in [0, 0.1) is 5.82 Å². The second kappa shape index (κ2) is 4.30. The summed E-state index contributed by atoms with van der Waals surface area (Å²) in [7, 11) is 0. The van der Waals surface area contributed by atoms with Crippen molar-refractivity contribution in [3.05, 3.63) is 35.6 Å². The van der Waals surface area contributed by atoms with Crippen LogP contribution in [0.3, 0.4) is 0 Å². The summed E-state index contributed by atoms with van der Waals surface area (Å²) in [6.07, 6.45) is -0.0598. The molecule has 0 saturated heterocycles. The molecule has 1 aliphatic rings. The summed E-state index contributed by atoms with van der Waals surface area (Å²) in [6.45, 7) is 0.260. The van der Waals surface area contributed by atoms with E-state index >= 15 is 0 Å². The van der Waals surface area contributed by atoms with Crippen molar-refractivity contribution >= 4 is 11.9 Å². The number of halogens is 1. The number of nitrogens with zero attached hydrogens (tertiary/aromatic N) is 1. The zero-order chi connectivity index (χ0) is 11.5. The minimum Gasteiger partial charge on any atom is -0.474 e. The van der Waals surface area contributed by atoms with Crippen LogP contribution >= 0.6 is 0 Å². The van der Waals surface area contributed by atoms with Crippen LogP contribution in [0.2, 0.25) is 0 Å². The highest BCUT2D eigenvalue weighted by Gasteiger charge is 2.25. The van der Waals surface area contributed by atoms with E-state index in [-0.39, 0.29) is 24.4 Å². The average molecular weight is 223 g/mol. The molecule has 4 nitrogen and oxygen atoms in total. The molecule has 0 bridgehead atoms. The van der Waals surface area contributed by atoms with Crippen LogP contribution in [-0.2, 0) is 16.0 Å². The van der Waals surface area contributed by atoms with Gasteiger partial charge in [-0.15, -0.1) is 0 Å². The number of rotatable bonds is 3. The zero-order valence-corrected chi connectivity index (χ0v) is 8.39. The van der Waals surface area contributed by atoms with Crippen molar-refractivity contribution in [3.63, 3.8) is 0 Å². The van der Waals surface area contributed by atoms with Crippen molar-refractivity contribution in [2.75, 3.05) is 6.54 Å². The van der Waals surface area contributed by atoms with E-state index in [9.17, 15) is 9.18 Å². The maximum Gasteiger partial charge on any atom is 0.391 e. The number of carboxylic acids is 1. The highest BCUT2D eigenvalue weighted by molar-refractivity contribution is 6.32. The third-order valence-electron chi connectivity index (χ3n) is 2.31. The lowest BCUT2D eigenvalue weighted by Crippen LogP contribution is -2.20. The van der Waals surface area contributed by atoms with Crippen LogP contribution < -0.4 is 0 Å². The van der Waals surface area contributed by atoms with Crippen LogP contribution in [0.15, 0.2) is 29.3 Å². The van der Waals surface area contributed by atoms with Crippen molar-refractivity contribution in [2.45, 2.75) is 12.5 Å². The Bertz CT molecular complexity index is 445. The molecule has 1 N–H and O–H groups in total. The minimum atomic E-state index is -1.18. The standard InChI is InChI=1S/C11H10FNO3/c12-9-4-2-1-3-7(9)5-8-6-13-10(16-8)11(14)15/h1-4,8H,5-6H2,(H,14,15). The van der Waals surface area contributed by atoms with Gasteiger partial charge < -0.3 is 9.84 Å². The fourth-order valence-electron chi connectivity index (χ4n) is 1.55. The minimum absolute atomic E-state index is 0.260. The van der Waals surface area contributed by atoms with E-state index in [1.165, 1.54) is 6.07 Å². The van der Waals surface area contributed by atoms with Crippen LogP contribution in [0.1, 0.15) is 5.56 Å². The Morgan fingerprint density at radius 2 is 2.31 bits per heavy atom. The second-order valence-electron chi connectivity index (χ2n) is 3.49. The van der Waals surface area contributed by atoms with E-state index in [0.29, 0.717) is 12.0 Å². The number of ether oxygens (including phenoxy) is 1. The van der Waals surface area contributed by atoms with E-state index in [1.807, 2.05) is 0 Å². The van der Waals surface area contributed by atoms with Gasteiger partial charge in [-0.05, 0) is 11.6 Å². The molecule has 84 valence electrons. The number of benzene rings is 1. The van der Waals surface area contributed by atoms with E-state index in [0.717, 1.165) is 0 Å². The van der Waals surface area contributed by atoms with Crippen molar-refractivity contribution < 1.29 is 19.0 Å². The highest BCUT2D eigenvalue weighted by atomic mass is 19.1. The molecular formula is C11H10FNO3. The Labute approximate surface area is 91.4 Å². The molecule has 1 aromatic carbocycles. The number of hydrogen-bond acceptors (Lipinski definition) is 3. The van der Waals surface area contributed by atoms with E-state index in [4.69, 9.17) is 9.84 Å². The van der Waals surface area contributed by atoms with E-state index in [1.54, 1.807) is 18.2 Å². The van der Waals surface area contributed by atoms with Gasteiger partial charge in [-0.25, -0.2) is 14.2 Å². The summed E-state index contributed by atoms with van der Waals surface area (Å²) in [5, 5.41) is 8.62. The van der Waals surface area contributed by atoms with E-state index < -0.39 is 5.97 Å². The molecule has 0 radical (unpaired) electrons. The van der Waals surface area contributed by atoms with Crippen molar-refractivity contribution in [2.24, 2.45) is 4.99 Å². The van der Waals surface area contributed by atoms with Crippen LogP contribution in [0.5, 0.6) is 0 Å². The first kappa shape index (κ1) is 10.6. The first-order valence-electron chi connectivity index (χ1n) is 4.84. The van der Waals surface area contributed by atoms with E-state index in [2.05, 4.69) is 4.99 Å². The Morgan fingerprint density at radius 1 is 1.56 bits per heavy atom. The first-order valence-corrected chi connectivity index (χ1v) is 4.84. The molecule has 5 heteroatoms. The quantitative estimate of drug-likeness (QED) is 0.838. The highest BCUT2D eigenvalue weighted by Crippen LogP contribution is 2.14. The maximum absolute atomic E-state index is 13.3. The number of hydrogen-bond donors (Lipinski definition) is 1. The summed E-state index contributed by atoms with van der Waals surface area (Å²) in [5.74, 6) is -1.78. The molecule has 0 aromatic heterocycles. The lowest BCUT2D eigenvalue weighted by molar-refractivity contribution is -0.131. The Hall–Kier alpha value is -1.91. The molecule has 1 aliphatic heterocycles. The Morgan fingerprint density at radius 3 is 2.94 bits per heavy atom. The molecular weight excluding hydrogens is 213 g/mol. The monoisotopic (exact) mass is 223 g/mol. The molecule has 0 fully saturated rings. The summed E-state index contributed by atoms with van der Waals surface area (Å²) >= 11 is 0. The molecule has 0 spiro atoms. The Balaban J connectivity index is 1.99. The fraction of sp³-hybridized carbons (Fsp3) is 0.273. The van der Waals surface area contributed by atoms with Gasteiger partial charge in [0.05, 0.1) is 6.54 Å². The van der Waals surface area contributed by atoms with Crippen LogP contribution in [-0.4, -0.2) is 29.6 Å². The molecule has 1 aromatic rings. The molecule has 1 unspecified atom stereocenters. The number of carbonyl (C=O) groups is 1. The number of aliphatic imine (C=N–C) groups is 1. The van der Waals surface area contributed by atoms with Crippen LogP contribution in [0.25, 0.3) is 0 Å². The van der Waals surface area contributed by atoms with Crippen molar-refractivity contribution in [1.82, 2.24) is 0 Å². The molecule has 1 atom stereocenters. The van der Waals surface area contributed by atoms with Gasteiger partial charge in [-0.2, -0.15) is 0 Å². The SMILES string of the molecule is O=C(O)C1=NCC(Cc2ccccc2F)O1. The van der Waals surface area contributed by atoms with Gasteiger partial charge in [0.15, 0.2) is 0 Å². The largest absolute Gasteiger partial charge is 0.474 e. The summed E-state index contributed by atoms with van der Waals surface area (Å²) in [4.78, 5) is 14.3. The Kier molecular flexibility index (Phi) is 2.85. The molecule has 0 saturated carbocycles. The molecule has 2 rings (SSSR count). The normalized spacial score (nSPS) is 19.1. The summed E-state index contributed by atoms with van der Waals surface area (Å²) < 4.78 is 18.4. The van der Waals surface area contributed by atoms with Crippen molar-refractivity contribution in [3.8, 4) is 0 Å². The van der Waals surface area contributed by atoms with Gasteiger partial charge in [-0.1, -0.05) is 18.2 Å². The predicted molar refractivity (Wildman–Crippen MR) is 54.9 cm³/mol. The van der Waals surface area contributed by atoms with Crippen molar-refractivity contribution in [1.29, 1.82) is 0 Å². The average Bonchev–Trinajstić information content (AvgIpc) is 2.70. The third kappa shape index (κ3) is 2.18. The fourth-order valence-corrected chi connectivity index (χ4v) is 1.55. The van der Waals surface area contributed by atoms with Gasteiger partial charge in [0.25, 0.3) is 5.90 Å². The van der Waals surface area contributed by atoms with Gasteiger partial charge in [-0.3, -0.25) is 0 Å². The van der Waals surface area contributed by atoms with Gasteiger partial charge in [0, 0.05) is 6.42 Å². The molecule has 1 heterocycles. The van der Waals surface area contributed by atoms with Gasteiger partial charge >= 0.3 is 5.97 Å². The lowest BCUT2D eigenvalue weighted by Gasteiger charge is -2.10. The molecule has 16 heavy (non-hydrogen) atoms. The number of carboxylic acid groups (broad SMARTS) is 1. The van der Waals surface area contributed by atoms with Gasteiger partial charge in [0.1, 0.15) is 11.9 Å². The van der Waals surface area contributed by atoms with Crippen LogP contribution in [0.4, 0.5) is 4.39 Å². The predicted octanol–water partition coefficient (Wildman–Crippen LogP) is 1.25. The maximum atomic E-state index is 13.3. The van der Waals surface area contributed by atoms with Gasteiger partial charge in [0.2, 0.25) is 0 Å². The zero-order valence-electron chi connectivity index (χ0n) is 8.39.